The van der Waals surface area contributed by atoms with Crippen LogP contribution < -0.4 is 10.2 Å². The summed E-state index contributed by atoms with van der Waals surface area (Å²) < 4.78 is 1.17. The predicted molar refractivity (Wildman–Crippen MR) is 96.1 cm³/mol. The van der Waals surface area contributed by atoms with E-state index in [2.05, 4.69) is 72.2 Å². The van der Waals surface area contributed by atoms with Gasteiger partial charge in [-0.2, -0.15) is 0 Å². The summed E-state index contributed by atoms with van der Waals surface area (Å²) in [4.78, 5) is 2.52. The highest BCUT2D eigenvalue weighted by molar-refractivity contribution is 9.10. The smallest absolute Gasteiger partial charge is 0.0425 e. The SMILES string of the molecule is CCNC(C)c1ccc(Br)cc1N(C)C1CCCC(C)C1. The summed E-state index contributed by atoms with van der Waals surface area (Å²) in [5, 5.41) is 3.55. The van der Waals surface area contributed by atoms with Gasteiger partial charge in [-0.3, -0.25) is 0 Å². The molecule has 1 saturated carbocycles. The average Bonchev–Trinajstić information content (AvgIpc) is 2.46. The molecular weight excluding hydrogens is 324 g/mol. The van der Waals surface area contributed by atoms with Crippen molar-refractivity contribution >= 4 is 21.6 Å². The van der Waals surface area contributed by atoms with Gasteiger partial charge in [-0.05, 0) is 49.9 Å². The lowest BCUT2D eigenvalue weighted by Gasteiger charge is -2.37. The molecule has 3 heteroatoms. The fraction of sp³-hybridized carbons (Fsp3) is 0.667. The van der Waals surface area contributed by atoms with E-state index in [1.54, 1.807) is 0 Å². The van der Waals surface area contributed by atoms with Gasteiger partial charge < -0.3 is 10.2 Å². The van der Waals surface area contributed by atoms with Crippen LogP contribution in [0.5, 0.6) is 0 Å². The van der Waals surface area contributed by atoms with Gasteiger partial charge >= 0.3 is 0 Å². The van der Waals surface area contributed by atoms with E-state index in [0.717, 1.165) is 12.5 Å². The minimum Gasteiger partial charge on any atom is -0.371 e. The Hall–Kier alpha value is -0.540. The highest BCUT2D eigenvalue weighted by Crippen LogP contribution is 2.34. The van der Waals surface area contributed by atoms with Crippen LogP contribution in [0.1, 0.15) is 58.1 Å². The topological polar surface area (TPSA) is 15.3 Å². The summed E-state index contributed by atoms with van der Waals surface area (Å²) >= 11 is 3.64. The van der Waals surface area contributed by atoms with Crippen LogP contribution >= 0.6 is 15.9 Å². The van der Waals surface area contributed by atoms with Crippen molar-refractivity contribution in [2.45, 2.75) is 58.5 Å². The number of nitrogens with zero attached hydrogens (tertiary/aromatic N) is 1. The van der Waals surface area contributed by atoms with Gasteiger partial charge in [0.2, 0.25) is 0 Å². The second-order valence-electron chi connectivity index (χ2n) is 6.52. The molecule has 1 aromatic carbocycles. The molecule has 3 unspecified atom stereocenters. The molecule has 1 fully saturated rings. The van der Waals surface area contributed by atoms with Gasteiger partial charge in [0.1, 0.15) is 0 Å². The van der Waals surface area contributed by atoms with E-state index in [1.165, 1.54) is 41.4 Å². The van der Waals surface area contributed by atoms with Crippen LogP contribution in [0.2, 0.25) is 0 Å². The molecule has 0 aromatic heterocycles. The van der Waals surface area contributed by atoms with E-state index >= 15 is 0 Å². The van der Waals surface area contributed by atoms with Crippen LogP contribution in [-0.2, 0) is 0 Å². The van der Waals surface area contributed by atoms with Crippen LogP contribution in [0.4, 0.5) is 5.69 Å². The summed E-state index contributed by atoms with van der Waals surface area (Å²) in [6.07, 6.45) is 5.40. The lowest BCUT2D eigenvalue weighted by atomic mass is 9.86. The van der Waals surface area contributed by atoms with Crippen molar-refractivity contribution < 1.29 is 0 Å². The lowest BCUT2D eigenvalue weighted by Crippen LogP contribution is -2.36. The first-order valence-corrected chi connectivity index (χ1v) is 9.07. The lowest BCUT2D eigenvalue weighted by molar-refractivity contribution is 0.336. The quantitative estimate of drug-likeness (QED) is 0.789. The van der Waals surface area contributed by atoms with Crippen LogP contribution in [0.25, 0.3) is 0 Å². The van der Waals surface area contributed by atoms with Crippen LogP contribution in [0.3, 0.4) is 0 Å². The first kappa shape index (κ1) is 16.8. The maximum Gasteiger partial charge on any atom is 0.0425 e. The van der Waals surface area contributed by atoms with E-state index in [4.69, 9.17) is 0 Å². The molecule has 0 amide bonds. The first-order chi connectivity index (χ1) is 10.0. The Kier molecular flexibility index (Phi) is 6.12. The number of rotatable bonds is 5. The van der Waals surface area contributed by atoms with Gasteiger partial charge in [0.25, 0.3) is 0 Å². The standard InChI is InChI=1S/C18H29BrN2/c1-5-20-14(3)17-10-9-15(19)12-18(17)21(4)16-8-6-7-13(2)11-16/h9-10,12-14,16,20H,5-8,11H2,1-4H3. The Labute approximate surface area is 138 Å². The number of halogens is 1. The van der Waals surface area contributed by atoms with Crippen molar-refractivity contribution in [3.05, 3.63) is 28.2 Å². The van der Waals surface area contributed by atoms with E-state index in [1.807, 2.05) is 0 Å². The minimum atomic E-state index is 0.390. The molecule has 1 aliphatic carbocycles. The minimum absolute atomic E-state index is 0.390. The number of anilines is 1. The molecule has 0 heterocycles. The number of benzene rings is 1. The molecule has 2 rings (SSSR count). The normalized spacial score (nSPS) is 23.9. The maximum atomic E-state index is 3.64. The van der Waals surface area contributed by atoms with E-state index in [0.29, 0.717) is 12.1 Å². The van der Waals surface area contributed by atoms with Gasteiger partial charge in [0.05, 0.1) is 0 Å². The van der Waals surface area contributed by atoms with Crippen molar-refractivity contribution in [3.8, 4) is 0 Å². The van der Waals surface area contributed by atoms with Gasteiger partial charge in [-0.15, -0.1) is 0 Å². The Morgan fingerprint density at radius 2 is 2.14 bits per heavy atom. The van der Waals surface area contributed by atoms with Gasteiger partial charge in [-0.25, -0.2) is 0 Å². The molecule has 0 saturated heterocycles. The molecule has 1 N–H and O–H groups in total. The van der Waals surface area contributed by atoms with Crippen LogP contribution in [-0.4, -0.2) is 19.6 Å². The van der Waals surface area contributed by atoms with Crippen molar-refractivity contribution in [2.75, 3.05) is 18.5 Å². The number of hydrogen-bond donors (Lipinski definition) is 1. The maximum absolute atomic E-state index is 3.64. The van der Waals surface area contributed by atoms with Crippen molar-refractivity contribution in [1.82, 2.24) is 5.32 Å². The number of hydrogen-bond acceptors (Lipinski definition) is 2. The zero-order valence-electron chi connectivity index (χ0n) is 13.8. The molecule has 0 radical (unpaired) electrons. The molecule has 2 nitrogen and oxygen atoms in total. The predicted octanol–water partition coefficient (Wildman–Crippen LogP) is 5.13. The van der Waals surface area contributed by atoms with E-state index < -0.39 is 0 Å². The van der Waals surface area contributed by atoms with Gasteiger partial charge in [0, 0.05) is 29.3 Å². The molecular formula is C18H29BrN2. The summed E-state index contributed by atoms with van der Waals surface area (Å²) in [6, 6.07) is 7.76. The summed E-state index contributed by atoms with van der Waals surface area (Å²) in [6.45, 7) is 7.82. The third-order valence-corrected chi connectivity index (χ3v) is 5.30. The van der Waals surface area contributed by atoms with Crippen LogP contribution in [0, 0.1) is 5.92 Å². The first-order valence-electron chi connectivity index (χ1n) is 8.28. The molecule has 0 spiro atoms. The van der Waals surface area contributed by atoms with Crippen molar-refractivity contribution in [1.29, 1.82) is 0 Å². The Balaban J connectivity index is 2.25. The van der Waals surface area contributed by atoms with Crippen LogP contribution in [0.15, 0.2) is 22.7 Å². The van der Waals surface area contributed by atoms with Crippen molar-refractivity contribution in [3.63, 3.8) is 0 Å². The zero-order chi connectivity index (χ0) is 15.4. The van der Waals surface area contributed by atoms with Crippen molar-refractivity contribution in [2.24, 2.45) is 5.92 Å². The summed E-state index contributed by atoms with van der Waals surface area (Å²) in [5.41, 5.74) is 2.78. The molecule has 21 heavy (non-hydrogen) atoms. The second-order valence-corrected chi connectivity index (χ2v) is 7.43. The molecule has 0 aliphatic heterocycles. The highest BCUT2D eigenvalue weighted by atomic mass is 79.9. The average molecular weight is 353 g/mol. The molecule has 1 aliphatic rings. The Morgan fingerprint density at radius 1 is 1.38 bits per heavy atom. The monoisotopic (exact) mass is 352 g/mol. The number of nitrogens with one attached hydrogen (secondary N) is 1. The highest BCUT2D eigenvalue weighted by Gasteiger charge is 2.24. The third-order valence-electron chi connectivity index (χ3n) is 4.81. The second kappa shape index (κ2) is 7.64. The fourth-order valence-corrected chi connectivity index (χ4v) is 3.90. The molecule has 3 atom stereocenters. The molecule has 0 bridgehead atoms. The van der Waals surface area contributed by atoms with Gasteiger partial charge in [0.15, 0.2) is 0 Å². The Morgan fingerprint density at radius 3 is 2.81 bits per heavy atom. The molecule has 1 aromatic rings. The summed E-state index contributed by atoms with van der Waals surface area (Å²) in [7, 11) is 2.27. The fourth-order valence-electron chi connectivity index (χ4n) is 3.56. The molecule has 118 valence electrons. The zero-order valence-corrected chi connectivity index (χ0v) is 15.4. The Bertz CT molecular complexity index is 461. The third kappa shape index (κ3) is 4.23. The van der Waals surface area contributed by atoms with Gasteiger partial charge in [-0.1, -0.05) is 48.7 Å². The van der Waals surface area contributed by atoms with E-state index in [-0.39, 0.29) is 0 Å². The summed E-state index contributed by atoms with van der Waals surface area (Å²) in [5.74, 6) is 0.855. The largest absolute Gasteiger partial charge is 0.371 e. The van der Waals surface area contributed by atoms with E-state index in [9.17, 15) is 0 Å².